The molecule has 0 bridgehead atoms. The minimum Gasteiger partial charge on any atom is -0.400 e. The predicted molar refractivity (Wildman–Crippen MR) is 94.0 cm³/mol. The summed E-state index contributed by atoms with van der Waals surface area (Å²) in [6, 6.07) is 0. The Morgan fingerprint density at radius 2 is 0.583 bits per heavy atom. The van der Waals surface area contributed by atoms with Crippen molar-refractivity contribution >= 4 is 0 Å². The molecule has 0 rings (SSSR count). The second kappa shape index (κ2) is 120. The first-order valence-corrected chi connectivity index (χ1v) is 4.30. The zero-order chi connectivity index (χ0) is 14.6. The second-order valence-electron chi connectivity index (χ2n) is 2.29. The Morgan fingerprint density at radius 3 is 0.583 bits per heavy atom. The average Bonchev–Trinajstić information content (AvgIpc) is 2.46. The summed E-state index contributed by atoms with van der Waals surface area (Å²) in [5.74, 6) is 0. The normalized spacial score (nSPS) is 5.00. The van der Waals surface area contributed by atoms with Gasteiger partial charge in [0.05, 0.1) is 19.8 Å². The monoisotopic (exact) mass is 467 g/mol. The van der Waals surface area contributed by atoms with Crippen LogP contribution in [0.4, 0.5) is 0 Å². The van der Waals surface area contributed by atoms with Crippen LogP contribution in [-0.4, -0.2) is 84.0 Å². The van der Waals surface area contributed by atoms with Crippen molar-refractivity contribution in [2.24, 2.45) is 5.41 Å². The molecule has 0 amide bonds. The number of aliphatic hydroxyl groups is 7. The van der Waals surface area contributed by atoms with Crippen molar-refractivity contribution in [2.45, 2.75) is 6.92 Å². The topological polar surface area (TPSA) is 142 Å². The summed E-state index contributed by atoms with van der Waals surface area (Å²) >= 11 is 0. The molecule has 0 aromatic carbocycles. The maximum Gasteiger partial charge on any atom is 3.00 e. The van der Waals surface area contributed by atoms with Gasteiger partial charge in [-0.15, -0.1) is 0 Å². The fourth-order valence-electron chi connectivity index (χ4n) is 0.150. The van der Waals surface area contributed by atoms with Gasteiger partial charge in [0, 0.05) is 77.3 Å². The summed E-state index contributed by atoms with van der Waals surface area (Å²) in [6.45, 7) is 1.06. The second-order valence-corrected chi connectivity index (χ2v) is 2.29. The fourth-order valence-corrected chi connectivity index (χ4v) is 0.150. The number of hydrogen-bond acceptors (Lipinski definition) is 7. The average molecular weight is 467 g/mol. The van der Waals surface area contributed by atoms with Crippen LogP contribution in [0.25, 0.3) is 0 Å². The van der Waals surface area contributed by atoms with E-state index < -0.39 is 5.41 Å². The van der Waals surface area contributed by atoms with Gasteiger partial charge in [-0.1, -0.05) is 6.92 Å². The van der Waals surface area contributed by atoms with E-state index in [0.29, 0.717) is 0 Å². The Hall–Kier alpha value is 1.86. The predicted octanol–water partition coefficient (Wildman–Crippen LogP) is -0.352. The molecule has 155 valence electrons. The Bertz CT molecular complexity index is 75.1. The Labute approximate surface area is 197 Å². The van der Waals surface area contributed by atoms with Crippen LogP contribution in [0.1, 0.15) is 6.92 Å². The standard InChI is InChI=1S/C5H12O3.4CH4O.5CH3.3Ti/c1-5(2-6,3-7)4-8;4*1-2;;;;;;;;/h6-8H,2-4H2,1H3;4*2H,1H3;5*1H3;;;/q;;;;;5*-1;;;+3. The van der Waals surface area contributed by atoms with Crippen LogP contribution >= 0.6 is 0 Å². The van der Waals surface area contributed by atoms with Crippen LogP contribution < -0.4 is 0 Å². The first-order valence-electron chi connectivity index (χ1n) is 4.30. The zero-order valence-electron chi connectivity index (χ0n) is 17.3. The molecule has 0 aromatic rings. The van der Waals surface area contributed by atoms with E-state index in [4.69, 9.17) is 35.7 Å². The molecule has 0 aliphatic carbocycles. The van der Waals surface area contributed by atoms with Crippen LogP contribution in [0.15, 0.2) is 0 Å². The SMILES string of the molecule is CC(CO)(CO)CO.CO.CO.CO.CO.[CH3-].[CH3-].[CH3-].[CH3-].[CH3-].[Ti+3].[Ti].[Ti]. The van der Waals surface area contributed by atoms with Crippen molar-refractivity contribution < 1.29 is 101 Å². The van der Waals surface area contributed by atoms with Gasteiger partial charge in [-0.2, -0.15) is 0 Å². The Kier molecular flexibility index (Phi) is 483. The quantitative estimate of drug-likeness (QED) is 0.222. The molecule has 0 aliphatic rings. The fraction of sp³-hybridized carbons (Fsp3) is 0.643. The summed E-state index contributed by atoms with van der Waals surface area (Å²) in [6.07, 6.45) is 0. The van der Waals surface area contributed by atoms with Crippen molar-refractivity contribution in [3.05, 3.63) is 37.1 Å². The molecule has 0 unspecified atom stereocenters. The van der Waals surface area contributed by atoms with E-state index in [1.807, 2.05) is 0 Å². The number of rotatable bonds is 3. The third kappa shape index (κ3) is 106. The summed E-state index contributed by atoms with van der Waals surface area (Å²) < 4.78 is 0. The van der Waals surface area contributed by atoms with Crippen molar-refractivity contribution in [2.75, 3.05) is 48.3 Å². The van der Waals surface area contributed by atoms with Gasteiger partial charge >= 0.3 is 21.7 Å². The van der Waals surface area contributed by atoms with Crippen molar-refractivity contribution in [1.82, 2.24) is 0 Å². The Morgan fingerprint density at radius 1 is 0.500 bits per heavy atom. The van der Waals surface area contributed by atoms with Gasteiger partial charge in [0.2, 0.25) is 0 Å². The molecule has 7 nitrogen and oxygen atoms in total. The molecule has 24 heavy (non-hydrogen) atoms. The van der Waals surface area contributed by atoms with Gasteiger partial charge in [0.15, 0.2) is 0 Å². The minimum absolute atomic E-state index is 0. The van der Waals surface area contributed by atoms with Crippen molar-refractivity contribution in [3.63, 3.8) is 0 Å². The van der Waals surface area contributed by atoms with Crippen molar-refractivity contribution in [3.8, 4) is 0 Å². The largest absolute Gasteiger partial charge is 3.00 e. The molecule has 1 radical (unpaired) electrons. The molecular formula is C14H43O7Ti3-2. The van der Waals surface area contributed by atoms with Gasteiger partial charge < -0.3 is 72.9 Å². The Balaban J connectivity index is -0.00000000619. The van der Waals surface area contributed by atoms with E-state index >= 15 is 0 Å². The molecular weight excluding hydrogens is 424 g/mol. The summed E-state index contributed by atoms with van der Waals surface area (Å²) in [5, 5.41) is 53.4. The first-order chi connectivity index (χ1) is 7.68. The summed E-state index contributed by atoms with van der Waals surface area (Å²) in [5.41, 5.74) is -0.708. The molecule has 0 saturated carbocycles. The van der Waals surface area contributed by atoms with Gasteiger partial charge in [-0.3, -0.25) is 0 Å². The van der Waals surface area contributed by atoms with Crippen LogP contribution in [0.2, 0.25) is 0 Å². The molecule has 0 atom stereocenters. The molecule has 0 fully saturated rings. The van der Waals surface area contributed by atoms with E-state index in [0.717, 1.165) is 28.4 Å². The molecule has 0 heterocycles. The number of hydrogen-bond donors (Lipinski definition) is 7. The zero-order valence-corrected chi connectivity index (χ0v) is 21.9. The van der Waals surface area contributed by atoms with Crippen molar-refractivity contribution in [1.29, 1.82) is 0 Å². The van der Waals surface area contributed by atoms with Gasteiger partial charge in [-0.25, -0.2) is 0 Å². The molecule has 7 N–H and O–H groups in total. The van der Waals surface area contributed by atoms with Crippen LogP contribution in [0.5, 0.6) is 0 Å². The smallest absolute Gasteiger partial charge is 0.400 e. The first kappa shape index (κ1) is 96.6. The molecule has 0 aromatic heterocycles. The molecule has 0 saturated heterocycles. The maximum absolute atomic E-state index is 8.47. The summed E-state index contributed by atoms with van der Waals surface area (Å²) in [4.78, 5) is 0. The van der Waals surface area contributed by atoms with Gasteiger partial charge in [0.25, 0.3) is 0 Å². The van der Waals surface area contributed by atoms with Gasteiger partial charge in [0.1, 0.15) is 0 Å². The molecule has 0 aliphatic heterocycles. The molecule has 10 heteroatoms. The van der Waals surface area contributed by atoms with Crippen LogP contribution in [0.3, 0.4) is 0 Å². The van der Waals surface area contributed by atoms with E-state index in [2.05, 4.69) is 0 Å². The minimum atomic E-state index is -0.708. The number of aliphatic hydroxyl groups excluding tert-OH is 7. The van der Waals surface area contributed by atoms with E-state index in [1.54, 1.807) is 6.92 Å². The van der Waals surface area contributed by atoms with Crippen LogP contribution in [-0.2, 0) is 65.2 Å². The summed E-state index contributed by atoms with van der Waals surface area (Å²) in [7, 11) is 4.00. The maximum atomic E-state index is 8.47. The van der Waals surface area contributed by atoms with E-state index in [1.165, 1.54) is 0 Å². The third-order valence-electron chi connectivity index (χ3n) is 1.15. The molecule has 0 spiro atoms. The van der Waals surface area contributed by atoms with Gasteiger partial charge in [-0.05, 0) is 0 Å². The third-order valence-corrected chi connectivity index (χ3v) is 1.15. The van der Waals surface area contributed by atoms with Crippen LogP contribution in [0, 0.1) is 42.5 Å². The van der Waals surface area contributed by atoms with E-state index in [9.17, 15) is 0 Å². The van der Waals surface area contributed by atoms with E-state index in [-0.39, 0.29) is 122 Å².